The number of halogens is 2. The molecule has 0 bridgehead atoms. The van der Waals surface area contributed by atoms with Crippen molar-refractivity contribution < 1.29 is 19.1 Å². The van der Waals surface area contributed by atoms with Gasteiger partial charge in [-0.2, -0.15) is 5.26 Å². The van der Waals surface area contributed by atoms with Gasteiger partial charge in [0.05, 0.1) is 6.61 Å². The number of hydrogen-bond donors (Lipinski definition) is 2. The molecule has 29 heavy (non-hydrogen) atoms. The quantitative estimate of drug-likeness (QED) is 0.457. The van der Waals surface area contributed by atoms with Crippen LogP contribution >= 0.6 is 27.5 Å². The molecular weight excluding hydrogens is 462 g/mol. The number of primary amides is 1. The van der Waals surface area contributed by atoms with Gasteiger partial charge in [0.2, 0.25) is 0 Å². The average molecular weight is 479 g/mol. The van der Waals surface area contributed by atoms with E-state index in [-0.39, 0.29) is 12.2 Å². The van der Waals surface area contributed by atoms with Gasteiger partial charge in [0, 0.05) is 15.1 Å². The van der Waals surface area contributed by atoms with E-state index in [9.17, 15) is 14.9 Å². The first-order chi connectivity index (χ1) is 13.8. The Morgan fingerprint density at radius 2 is 1.97 bits per heavy atom. The summed E-state index contributed by atoms with van der Waals surface area (Å²) >= 11 is 9.55. The van der Waals surface area contributed by atoms with Crippen molar-refractivity contribution in [1.82, 2.24) is 5.32 Å². The maximum Gasteiger partial charge on any atom is 0.319 e. The molecule has 9 heteroatoms. The van der Waals surface area contributed by atoms with E-state index >= 15 is 0 Å². The molecule has 2 rings (SSSR count). The molecule has 0 spiro atoms. The van der Waals surface area contributed by atoms with Gasteiger partial charge in [-0.3, -0.25) is 10.1 Å². The molecule has 0 aromatic heterocycles. The zero-order valence-corrected chi connectivity index (χ0v) is 17.7. The van der Waals surface area contributed by atoms with Crippen LogP contribution in [0.1, 0.15) is 18.1 Å². The number of nitriles is 1. The Bertz CT molecular complexity index is 1000. The van der Waals surface area contributed by atoms with Crippen molar-refractivity contribution in [3.63, 3.8) is 0 Å². The molecule has 3 amide bonds. The summed E-state index contributed by atoms with van der Waals surface area (Å²) in [6.45, 7) is 2.42. The average Bonchev–Trinajstić information content (AvgIpc) is 2.67. The first-order valence-corrected chi connectivity index (χ1v) is 9.58. The molecule has 3 N–H and O–H groups in total. The molecule has 2 aromatic carbocycles. The molecule has 0 aliphatic rings. The zero-order valence-electron chi connectivity index (χ0n) is 15.4. The van der Waals surface area contributed by atoms with E-state index in [2.05, 4.69) is 15.9 Å². The second-order valence-electron chi connectivity index (χ2n) is 5.62. The molecule has 0 heterocycles. The molecule has 0 aliphatic carbocycles. The van der Waals surface area contributed by atoms with Crippen LogP contribution in [0.25, 0.3) is 6.08 Å². The molecule has 0 radical (unpaired) electrons. The largest absolute Gasteiger partial charge is 0.490 e. The molecule has 0 fully saturated rings. The first-order valence-electron chi connectivity index (χ1n) is 8.40. The van der Waals surface area contributed by atoms with Crippen LogP contribution in [-0.4, -0.2) is 18.5 Å². The number of urea groups is 1. The van der Waals surface area contributed by atoms with E-state index in [1.54, 1.807) is 24.3 Å². The summed E-state index contributed by atoms with van der Waals surface area (Å²) in [4.78, 5) is 22.7. The highest BCUT2D eigenvalue weighted by molar-refractivity contribution is 9.10. The van der Waals surface area contributed by atoms with Crippen LogP contribution < -0.4 is 20.5 Å². The SMILES string of the molecule is CCOc1cc(/C=C(/C#N)C(=O)NC(N)=O)c(Br)cc1OCc1ccccc1Cl. The van der Waals surface area contributed by atoms with E-state index in [1.807, 2.05) is 30.4 Å². The molecule has 0 aliphatic heterocycles. The molecule has 2 aromatic rings. The van der Waals surface area contributed by atoms with Crippen LogP contribution in [0.15, 0.2) is 46.4 Å². The standard InChI is InChI=1S/C20H17BrClN3O4/c1-2-28-17-8-13(7-14(10-23)19(26)25-20(24)27)15(21)9-18(17)29-11-12-5-3-4-6-16(12)22/h3-9H,2,11H2,1H3,(H3,24,25,26,27)/b14-7-. The van der Waals surface area contributed by atoms with Crippen LogP contribution in [0, 0.1) is 11.3 Å². The second kappa shape index (κ2) is 10.5. The predicted octanol–water partition coefficient (Wildman–Crippen LogP) is 4.18. The summed E-state index contributed by atoms with van der Waals surface area (Å²) in [5.41, 5.74) is 5.92. The second-order valence-corrected chi connectivity index (χ2v) is 6.88. The van der Waals surface area contributed by atoms with Crippen LogP contribution in [-0.2, 0) is 11.4 Å². The van der Waals surface area contributed by atoms with Gasteiger partial charge in [0.1, 0.15) is 18.2 Å². The molecule has 0 saturated heterocycles. The van der Waals surface area contributed by atoms with Crippen molar-refractivity contribution in [1.29, 1.82) is 5.26 Å². The number of nitrogens with one attached hydrogen (secondary N) is 1. The highest BCUT2D eigenvalue weighted by atomic mass is 79.9. The third kappa shape index (κ3) is 6.24. The van der Waals surface area contributed by atoms with Crippen molar-refractivity contribution >= 4 is 45.5 Å². The van der Waals surface area contributed by atoms with E-state index in [0.717, 1.165) is 5.56 Å². The van der Waals surface area contributed by atoms with E-state index in [4.69, 9.17) is 26.8 Å². The minimum absolute atomic E-state index is 0.228. The summed E-state index contributed by atoms with van der Waals surface area (Å²) in [6, 6.07) is 11.3. The van der Waals surface area contributed by atoms with Crippen molar-refractivity contribution in [2.24, 2.45) is 5.73 Å². The fraction of sp³-hybridized carbons (Fsp3) is 0.150. The molecule has 0 saturated carbocycles. The lowest BCUT2D eigenvalue weighted by Gasteiger charge is -2.14. The topological polar surface area (TPSA) is 114 Å². The Kier molecular flexibility index (Phi) is 8.07. The van der Waals surface area contributed by atoms with Gasteiger partial charge < -0.3 is 15.2 Å². The molecular formula is C20H17BrClN3O4. The van der Waals surface area contributed by atoms with Crippen molar-refractivity contribution in [3.8, 4) is 17.6 Å². The maximum atomic E-state index is 11.9. The van der Waals surface area contributed by atoms with E-state index in [0.29, 0.717) is 33.2 Å². The first kappa shape index (κ1) is 22.3. The van der Waals surface area contributed by atoms with Crippen LogP contribution in [0.4, 0.5) is 4.79 Å². The number of benzene rings is 2. The number of amides is 3. The lowest BCUT2D eigenvalue weighted by molar-refractivity contribution is -0.115. The maximum absolute atomic E-state index is 11.9. The Balaban J connectivity index is 2.35. The number of rotatable bonds is 7. The number of carbonyl (C=O) groups is 2. The van der Waals surface area contributed by atoms with Crippen LogP contribution in [0.5, 0.6) is 11.5 Å². The summed E-state index contributed by atoms with van der Waals surface area (Å²) in [5.74, 6) is -0.0265. The molecule has 0 unspecified atom stereocenters. The van der Waals surface area contributed by atoms with Crippen LogP contribution in [0.2, 0.25) is 5.02 Å². The lowest BCUT2D eigenvalue weighted by atomic mass is 10.1. The fourth-order valence-corrected chi connectivity index (χ4v) is 2.92. The summed E-state index contributed by atoms with van der Waals surface area (Å²) in [5, 5.41) is 11.7. The van der Waals surface area contributed by atoms with Crippen molar-refractivity contribution in [2.45, 2.75) is 13.5 Å². The zero-order chi connectivity index (χ0) is 21.4. The Hall–Kier alpha value is -3.02. The van der Waals surface area contributed by atoms with Gasteiger partial charge in [0.25, 0.3) is 5.91 Å². The summed E-state index contributed by atoms with van der Waals surface area (Å²) < 4.78 is 12.0. The van der Waals surface area contributed by atoms with Gasteiger partial charge in [-0.05, 0) is 36.8 Å². The molecule has 7 nitrogen and oxygen atoms in total. The fourth-order valence-electron chi connectivity index (χ4n) is 2.30. The minimum atomic E-state index is -1.05. The number of ether oxygens (including phenoxy) is 2. The number of nitrogens with zero attached hydrogens (tertiary/aromatic N) is 1. The van der Waals surface area contributed by atoms with Gasteiger partial charge in [0.15, 0.2) is 11.5 Å². The Labute approximate surface area is 181 Å². The van der Waals surface area contributed by atoms with Crippen molar-refractivity contribution in [2.75, 3.05) is 6.61 Å². The van der Waals surface area contributed by atoms with Gasteiger partial charge in [-0.1, -0.05) is 45.7 Å². The number of imide groups is 1. The third-order valence-electron chi connectivity index (χ3n) is 3.61. The predicted molar refractivity (Wildman–Crippen MR) is 112 cm³/mol. The summed E-state index contributed by atoms with van der Waals surface area (Å²) in [6.07, 6.45) is 1.31. The molecule has 0 atom stereocenters. The van der Waals surface area contributed by atoms with E-state index < -0.39 is 11.9 Å². The number of carbonyl (C=O) groups excluding carboxylic acids is 2. The third-order valence-corrected chi connectivity index (χ3v) is 4.66. The molecule has 150 valence electrons. The van der Waals surface area contributed by atoms with Gasteiger partial charge in [-0.25, -0.2) is 4.79 Å². The van der Waals surface area contributed by atoms with E-state index in [1.165, 1.54) is 6.08 Å². The Morgan fingerprint density at radius 1 is 1.28 bits per heavy atom. The van der Waals surface area contributed by atoms with Gasteiger partial charge in [-0.15, -0.1) is 0 Å². The normalized spacial score (nSPS) is 10.8. The lowest BCUT2D eigenvalue weighted by Crippen LogP contribution is -2.35. The van der Waals surface area contributed by atoms with Crippen molar-refractivity contribution in [3.05, 3.63) is 62.6 Å². The van der Waals surface area contributed by atoms with Crippen LogP contribution in [0.3, 0.4) is 0 Å². The number of hydrogen-bond acceptors (Lipinski definition) is 5. The smallest absolute Gasteiger partial charge is 0.319 e. The monoisotopic (exact) mass is 477 g/mol. The highest BCUT2D eigenvalue weighted by Crippen LogP contribution is 2.35. The summed E-state index contributed by atoms with van der Waals surface area (Å²) in [7, 11) is 0. The minimum Gasteiger partial charge on any atom is -0.490 e. The highest BCUT2D eigenvalue weighted by Gasteiger charge is 2.15. The number of nitrogens with two attached hydrogens (primary N) is 1. The Morgan fingerprint density at radius 3 is 2.59 bits per heavy atom. The van der Waals surface area contributed by atoms with Gasteiger partial charge >= 0.3 is 6.03 Å².